The molecule has 1 fully saturated rings. The first kappa shape index (κ1) is 16.3. The van der Waals surface area contributed by atoms with Gasteiger partial charge in [-0.3, -0.25) is 4.79 Å². The van der Waals surface area contributed by atoms with Crippen LogP contribution in [0.5, 0.6) is 0 Å². The van der Waals surface area contributed by atoms with Gasteiger partial charge in [-0.15, -0.1) is 0 Å². The summed E-state index contributed by atoms with van der Waals surface area (Å²) >= 11 is 0. The molecule has 0 radical (unpaired) electrons. The van der Waals surface area contributed by atoms with E-state index < -0.39 is 23.1 Å². The number of ether oxygens (including phenoxy) is 1. The first-order valence-corrected chi connectivity index (χ1v) is 8.64. The summed E-state index contributed by atoms with van der Waals surface area (Å²) in [5.41, 5.74) is -3.96. The predicted octanol–water partition coefficient (Wildman–Crippen LogP) is 1.46. The van der Waals surface area contributed by atoms with Gasteiger partial charge in [-0.05, 0) is 12.8 Å². The molecular formula is C19H21NO5. The first-order valence-electron chi connectivity index (χ1n) is 8.64. The van der Waals surface area contributed by atoms with Gasteiger partial charge in [-0.25, -0.2) is 4.79 Å². The van der Waals surface area contributed by atoms with E-state index in [1.165, 1.54) is 13.3 Å². The van der Waals surface area contributed by atoms with Gasteiger partial charge in [0, 0.05) is 23.4 Å². The fraction of sp³-hybridized carbons (Fsp3) is 0.474. The number of fused-ring (bicyclic) bond motifs is 3. The Balaban J connectivity index is 1.92. The molecule has 4 rings (SSSR count). The fourth-order valence-corrected chi connectivity index (χ4v) is 4.53. The van der Waals surface area contributed by atoms with Crippen LogP contribution in [0.3, 0.4) is 0 Å². The van der Waals surface area contributed by atoms with Crippen molar-refractivity contribution >= 4 is 11.8 Å². The lowest BCUT2D eigenvalue weighted by molar-refractivity contribution is -0.185. The van der Waals surface area contributed by atoms with Crippen molar-refractivity contribution in [3.8, 4) is 0 Å². The Hall–Kier alpha value is -2.18. The molecule has 1 aliphatic heterocycles. The third-order valence-electron chi connectivity index (χ3n) is 5.79. The Morgan fingerprint density at radius 1 is 1.20 bits per heavy atom. The number of aliphatic hydroxyl groups is 2. The van der Waals surface area contributed by atoms with Crippen molar-refractivity contribution in [2.45, 2.75) is 49.5 Å². The first-order chi connectivity index (χ1) is 12.0. The van der Waals surface area contributed by atoms with E-state index in [-0.39, 0.29) is 17.2 Å². The van der Waals surface area contributed by atoms with Crippen molar-refractivity contribution in [3.05, 3.63) is 47.2 Å². The summed E-state index contributed by atoms with van der Waals surface area (Å²) in [4.78, 5) is 26.9. The molecule has 0 amide bonds. The molecule has 25 heavy (non-hydrogen) atoms. The summed E-state index contributed by atoms with van der Waals surface area (Å²) in [6.45, 7) is 0. The lowest BCUT2D eigenvalue weighted by Gasteiger charge is -2.44. The molecule has 1 aromatic carbocycles. The molecule has 1 saturated carbocycles. The average molecular weight is 343 g/mol. The number of carbonyl (C=O) groups is 2. The molecule has 132 valence electrons. The molecule has 2 N–H and O–H groups in total. The minimum atomic E-state index is -2.35. The molecule has 3 aliphatic rings. The average Bonchev–Trinajstić information content (AvgIpc) is 3.00. The van der Waals surface area contributed by atoms with Crippen molar-refractivity contribution in [1.82, 2.24) is 4.90 Å². The largest absolute Gasteiger partial charge is 0.466 e. The van der Waals surface area contributed by atoms with E-state index in [1.54, 1.807) is 29.2 Å². The van der Waals surface area contributed by atoms with Gasteiger partial charge in [-0.1, -0.05) is 43.5 Å². The predicted molar refractivity (Wildman–Crippen MR) is 88.4 cm³/mol. The van der Waals surface area contributed by atoms with Crippen molar-refractivity contribution in [3.63, 3.8) is 0 Å². The second-order valence-electron chi connectivity index (χ2n) is 6.99. The molecule has 1 heterocycles. The normalized spacial score (nSPS) is 31.6. The molecule has 0 aromatic heterocycles. The van der Waals surface area contributed by atoms with Crippen LogP contribution < -0.4 is 0 Å². The summed E-state index contributed by atoms with van der Waals surface area (Å²) in [5, 5.41) is 23.0. The third kappa shape index (κ3) is 1.86. The number of rotatable bonds is 2. The van der Waals surface area contributed by atoms with Crippen LogP contribution in [0, 0.1) is 0 Å². The van der Waals surface area contributed by atoms with E-state index in [0.717, 1.165) is 32.1 Å². The maximum atomic E-state index is 13.0. The Labute approximate surface area is 145 Å². The van der Waals surface area contributed by atoms with Crippen LogP contribution in [-0.2, 0) is 15.3 Å². The van der Waals surface area contributed by atoms with Crippen LogP contribution in [0.15, 0.2) is 36.0 Å². The molecular weight excluding hydrogens is 322 g/mol. The Bertz CT molecular complexity index is 782. The van der Waals surface area contributed by atoms with Gasteiger partial charge in [0.15, 0.2) is 0 Å². The zero-order valence-corrected chi connectivity index (χ0v) is 14.1. The van der Waals surface area contributed by atoms with Crippen molar-refractivity contribution in [2.24, 2.45) is 0 Å². The zero-order chi connectivity index (χ0) is 17.8. The number of carbonyl (C=O) groups excluding carboxylic acids is 2. The highest BCUT2D eigenvalue weighted by Gasteiger charge is 2.72. The highest BCUT2D eigenvalue weighted by Crippen LogP contribution is 2.55. The maximum Gasteiger partial charge on any atom is 0.338 e. The molecule has 2 aliphatic carbocycles. The summed E-state index contributed by atoms with van der Waals surface area (Å²) in [6.07, 6.45) is 6.23. The zero-order valence-electron chi connectivity index (χ0n) is 14.1. The Kier molecular flexibility index (Phi) is 3.53. The molecule has 1 aromatic rings. The lowest BCUT2D eigenvalue weighted by atomic mass is 9.84. The van der Waals surface area contributed by atoms with Crippen LogP contribution in [0.1, 0.15) is 48.0 Å². The number of hydrogen-bond acceptors (Lipinski definition) is 6. The van der Waals surface area contributed by atoms with Gasteiger partial charge in [0.05, 0.1) is 12.7 Å². The number of benzene rings is 1. The third-order valence-corrected chi connectivity index (χ3v) is 5.79. The molecule has 0 spiro atoms. The van der Waals surface area contributed by atoms with Gasteiger partial charge < -0.3 is 19.8 Å². The van der Waals surface area contributed by atoms with Crippen molar-refractivity contribution in [1.29, 1.82) is 0 Å². The second-order valence-corrected chi connectivity index (χ2v) is 6.99. The van der Waals surface area contributed by atoms with E-state index in [4.69, 9.17) is 4.74 Å². The smallest absolute Gasteiger partial charge is 0.338 e. The minimum Gasteiger partial charge on any atom is -0.466 e. The molecule has 0 bridgehead atoms. The highest BCUT2D eigenvalue weighted by molar-refractivity contribution is 6.16. The topological polar surface area (TPSA) is 87.1 Å². The molecule has 0 unspecified atom stereocenters. The van der Waals surface area contributed by atoms with Crippen molar-refractivity contribution in [2.75, 3.05) is 7.11 Å². The van der Waals surface area contributed by atoms with Gasteiger partial charge in [0.1, 0.15) is 0 Å². The number of Topliss-reactive ketones (excluding diaryl/α,β-unsaturated/α-hetero) is 1. The number of hydrogen-bond donors (Lipinski definition) is 2. The Morgan fingerprint density at radius 3 is 2.56 bits per heavy atom. The molecule has 6 heteroatoms. The molecule has 6 nitrogen and oxygen atoms in total. The van der Waals surface area contributed by atoms with Gasteiger partial charge in [0.2, 0.25) is 17.1 Å². The standard InChI is InChI=1S/C19H21NO5/c1-25-17(22)15-11-20(12-7-3-2-4-8-12)19(24)14-10-6-5-9-13(14)16(21)18(15,19)23/h5-6,9-12,23-24H,2-4,7-8H2,1H3/t18-,19+/m1/s1. The minimum absolute atomic E-state index is 0.0496. The lowest BCUT2D eigenvalue weighted by Crippen LogP contribution is -2.59. The van der Waals surface area contributed by atoms with Gasteiger partial charge in [0.25, 0.3) is 0 Å². The van der Waals surface area contributed by atoms with Gasteiger partial charge in [-0.2, -0.15) is 0 Å². The summed E-state index contributed by atoms with van der Waals surface area (Å²) in [7, 11) is 1.20. The fourth-order valence-electron chi connectivity index (χ4n) is 4.53. The van der Waals surface area contributed by atoms with Crippen LogP contribution >= 0.6 is 0 Å². The number of methoxy groups -OCH3 is 1. The quantitative estimate of drug-likeness (QED) is 0.791. The van der Waals surface area contributed by atoms with Crippen LogP contribution in [0.2, 0.25) is 0 Å². The summed E-state index contributed by atoms with van der Waals surface area (Å²) in [5.74, 6) is -1.47. The number of ketones is 1. The van der Waals surface area contributed by atoms with Crippen LogP contribution in [0.25, 0.3) is 0 Å². The van der Waals surface area contributed by atoms with E-state index in [2.05, 4.69) is 0 Å². The van der Waals surface area contributed by atoms with Crippen LogP contribution in [-0.4, -0.2) is 45.6 Å². The molecule has 2 atom stereocenters. The SMILES string of the molecule is COC(=O)C1=CN(C2CCCCC2)[C@]2(O)c3ccccc3C(=O)[C@]12O. The maximum absolute atomic E-state index is 13.0. The number of esters is 1. The van der Waals surface area contributed by atoms with E-state index >= 15 is 0 Å². The van der Waals surface area contributed by atoms with E-state index in [9.17, 15) is 19.8 Å². The summed E-state index contributed by atoms with van der Waals surface area (Å²) in [6, 6.07) is 6.54. The number of nitrogens with zero attached hydrogens (tertiary/aromatic N) is 1. The molecule has 0 saturated heterocycles. The Morgan fingerprint density at radius 2 is 1.88 bits per heavy atom. The monoisotopic (exact) mass is 343 g/mol. The second kappa shape index (κ2) is 5.41. The van der Waals surface area contributed by atoms with Crippen molar-refractivity contribution < 1.29 is 24.5 Å². The summed E-state index contributed by atoms with van der Waals surface area (Å²) < 4.78 is 4.78. The van der Waals surface area contributed by atoms with Gasteiger partial charge >= 0.3 is 5.97 Å². The van der Waals surface area contributed by atoms with Crippen LogP contribution in [0.4, 0.5) is 0 Å². The highest BCUT2D eigenvalue weighted by atomic mass is 16.5. The van der Waals surface area contributed by atoms with E-state index in [0.29, 0.717) is 5.56 Å². The van der Waals surface area contributed by atoms with E-state index in [1.807, 2.05) is 0 Å².